The first-order chi connectivity index (χ1) is 14.1. The normalized spacial score (nSPS) is 21.7. The van der Waals surface area contributed by atoms with E-state index in [4.69, 9.17) is 4.52 Å². The second-order valence-electron chi connectivity index (χ2n) is 8.66. The van der Waals surface area contributed by atoms with Crippen molar-refractivity contribution in [1.82, 2.24) is 10.5 Å². The SMILES string of the molecule is Cc1noc(C(C)C)c1C(=O)NCC1CC2c3ccccc3C1c1ccccc12. The van der Waals surface area contributed by atoms with Gasteiger partial charge in [0.15, 0.2) is 5.76 Å². The Hall–Kier alpha value is -2.88. The van der Waals surface area contributed by atoms with Crippen LogP contribution in [0.3, 0.4) is 0 Å². The highest BCUT2D eigenvalue weighted by Crippen LogP contribution is 2.55. The van der Waals surface area contributed by atoms with Crippen molar-refractivity contribution < 1.29 is 9.32 Å². The van der Waals surface area contributed by atoms with E-state index in [-0.39, 0.29) is 11.8 Å². The quantitative estimate of drug-likeness (QED) is 0.676. The molecule has 0 fully saturated rings. The highest BCUT2D eigenvalue weighted by atomic mass is 16.5. The minimum Gasteiger partial charge on any atom is -0.360 e. The first-order valence-electron chi connectivity index (χ1n) is 10.5. The molecule has 3 aliphatic carbocycles. The van der Waals surface area contributed by atoms with Crippen LogP contribution in [0.4, 0.5) is 0 Å². The third-order valence-corrected chi connectivity index (χ3v) is 6.59. The molecule has 0 saturated carbocycles. The summed E-state index contributed by atoms with van der Waals surface area (Å²) in [5, 5.41) is 7.21. The lowest BCUT2D eigenvalue weighted by Gasteiger charge is -2.45. The number of nitrogens with zero attached hydrogens (tertiary/aromatic N) is 1. The van der Waals surface area contributed by atoms with E-state index in [1.165, 1.54) is 22.3 Å². The molecule has 29 heavy (non-hydrogen) atoms. The Morgan fingerprint density at radius 3 is 2.24 bits per heavy atom. The third-order valence-electron chi connectivity index (χ3n) is 6.59. The van der Waals surface area contributed by atoms with Gasteiger partial charge in [0, 0.05) is 24.3 Å². The Kier molecular flexibility index (Phi) is 4.30. The molecule has 4 nitrogen and oxygen atoms in total. The molecule has 0 aliphatic heterocycles. The van der Waals surface area contributed by atoms with E-state index in [0.29, 0.717) is 41.3 Å². The van der Waals surface area contributed by atoms with Gasteiger partial charge >= 0.3 is 0 Å². The van der Waals surface area contributed by atoms with Crippen LogP contribution in [-0.2, 0) is 0 Å². The van der Waals surface area contributed by atoms with Crippen LogP contribution in [-0.4, -0.2) is 17.6 Å². The zero-order chi connectivity index (χ0) is 20.1. The lowest BCUT2D eigenvalue weighted by atomic mass is 9.59. The average molecular weight is 386 g/mol. The third kappa shape index (κ3) is 2.81. The van der Waals surface area contributed by atoms with Gasteiger partial charge in [-0.15, -0.1) is 0 Å². The minimum atomic E-state index is -0.0736. The fourth-order valence-corrected chi connectivity index (χ4v) is 5.33. The van der Waals surface area contributed by atoms with Crippen molar-refractivity contribution in [3.8, 4) is 0 Å². The molecule has 1 N–H and O–H groups in total. The first kappa shape index (κ1) is 18.2. The van der Waals surface area contributed by atoms with Gasteiger partial charge in [0.25, 0.3) is 5.91 Å². The molecule has 1 amide bonds. The predicted molar refractivity (Wildman–Crippen MR) is 112 cm³/mol. The number of nitrogens with one attached hydrogen (secondary N) is 1. The van der Waals surface area contributed by atoms with E-state index in [0.717, 1.165) is 6.42 Å². The maximum absolute atomic E-state index is 13.0. The number of carbonyl (C=O) groups excluding carboxylic acids is 1. The maximum atomic E-state index is 13.0. The predicted octanol–water partition coefficient (Wildman–Crippen LogP) is 5.13. The molecule has 1 atom stereocenters. The number of aromatic nitrogens is 1. The standard InChI is InChI=1S/C25H26N2O2/c1-14(2)24-22(15(3)27-29-24)25(28)26-13-16-12-21-17-8-4-6-10-19(17)23(16)20-11-7-5-9-18(20)21/h4-11,14,16,21,23H,12-13H2,1-3H3,(H,26,28). The molecule has 2 aromatic carbocycles. The van der Waals surface area contributed by atoms with E-state index in [9.17, 15) is 4.79 Å². The van der Waals surface area contributed by atoms with Crippen molar-refractivity contribution in [2.75, 3.05) is 6.54 Å². The second-order valence-corrected chi connectivity index (χ2v) is 8.66. The lowest BCUT2D eigenvalue weighted by Crippen LogP contribution is -2.39. The molecule has 6 rings (SSSR count). The van der Waals surface area contributed by atoms with Crippen molar-refractivity contribution in [3.63, 3.8) is 0 Å². The highest BCUT2D eigenvalue weighted by molar-refractivity contribution is 5.96. The zero-order valence-corrected chi connectivity index (χ0v) is 17.1. The summed E-state index contributed by atoms with van der Waals surface area (Å²) in [6, 6.07) is 17.6. The summed E-state index contributed by atoms with van der Waals surface area (Å²) >= 11 is 0. The number of hydrogen-bond acceptors (Lipinski definition) is 3. The number of aryl methyl sites for hydroxylation is 1. The number of benzene rings is 2. The van der Waals surface area contributed by atoms with E-state index in [2.05, 4.69) is 59.0 Å². The van der Waals surface area contributed by atoms with Crippen LogP contribution in [0, 0.1) is 12.8 Å². The van der Waals surface area contributed by atoms with Crippen LogP contribution in [0.1, 0.15) is 82.1 Å². The van der Waals surface area contributed by atoms with E-state index in [1.54, 1.807) is 0 Å². The second kappa shape index (κ2) is 6.87. The molecule has 148 valence electrons. The van der Waals surface area contributed by atoms with Crippen molar-refractivity contribution in [3.05, 3.63) is 87.8 Å². The highest BCUT2D eigenvalue weighted by Gasteiger charge is 2.43. The van der Waals surface area contributed by atoms with Crippen LogP contribution in [0.25, 0.3) is 0 Å². The van der Waals surface area contributed by atoms with Crippen LogP contribution in [0.2, 0.25) is 0 Å². The summed E-state index contributed by atoms with van der Waals surface area (Å²) in [4.78, 5) is 13.0. The van der Waals surface area contributed by atoms with Crippen LogP contribution in [0.5, 0.6) is 0 Å². The molecular formula is C25H26N2O2. The van der Waals surface area contributed by atoms with Crippen molar-refractivity contribution in [1.29, 1.82) is 0 Å². The van der Waals surface area contributed by atoms with Crippen molar-refractivity contribution in [2.45, 2.75) is 44.9 Å². The van der Waals surface area contributed by atoms with Gasteiger partial charge in [-0.2, -0.15) is 0 Å². The molecule has 0 spiro atoms. The number of fused-ring (bicyclic) bond motifs is 1. The Bertz CT molecular complexity index is 1030. The van der Waals surface area contributed by atoms with Gasteiger partial charge in [-0.3, -0.25) is 4.79 Å². The lowest BCUT2D eigenvalue weighted by molar-refractivity contribution is 0.0940. The van der Waals surface area contributed by atoms with E-state index >= 15 is 0 Å². The fraction of sp³-hybridized carbons (Fsp3) is 0.360. The smallest absolute Gasteiger partial charge is 0.256 e. The van der Waals surface area contributed by atoms with Gasteiger partial charge < -0.3 is 9.84 Å². The van der Waals surface area contributed by atoms with Gasteiger partial charge in [0.1, 0.15) is 5.56 Å². The summed E-state index contributed by atoms with van der Waals surface area (Å²) in [5.41, 5.74) is 7.01. The van der Waals surface area contributed by atoms with Crippen LogP contribution in [0.15, 0.2) is 53.1 Å². The molecular weight excluding hydrogens is 360 g/mol. The number of amides is 1. The summed E-state index contributed by atoms with van der Waals surface area (Å²) in [6.07, 6.45) is 1.07. The molecule has 1 aromatic heterocycles. The molecule has 0 radical (unpaired) electrons. The molecule has 3 aliphatic rings. The van der Waals surface area contributed by atoms with E-state index in [1.807, 2.05) is 20.8 Å². The first-order valence-corrected chi connectivity index (χ1v) is 10.5. The molecule has 4 heteroatoms. The molecule has 3 aromatic rings. The van der Waals surface area contributed by atoms with Gasteiger partial charge in [-0.1, -0.05) is 67.5 Å². The molecule has 2 bridgehead atoms. The Morgan fingerprint density at radius 1 is 1.07 bits per heavy atom. The number of hydrogen-bond donors (Lipinski definition) is 1. The topological polar surface area (TPSA) is 55.1 Å². The van der Waals surface area contributed by atoms with Gasteiger partial charge in [0.2, 0.25) is 0 Å². The van der Waals surface area contributed by atoms with Crippen LogP contribution >= 0.6 is 0 Å². The number of carbonyl (C=O) groups is 1. The summed E-state index contributed by atoms with van der Waals surface area (Å²) in [5.74, 6) is 1.85. The maximum Gasteiger partial charge on any atom is 0.256 e. The molecule has 1 unspecified atom stereocenters. The Labute approximate surface area is 171 Å². The number of rotatable bonds is 4. The molecule has 0 saturated heterocycles. The largest absolute Gasteiger partial charge is 0.360 e. The van der Waals surface area contributed by atoms with Gasteiger partial charge in [-0.05, 0) is 41.5 Å². The van der Waals surface area contributed by atoms with E-state index < -0.39 is 0 Å². The summed E-state index contributed by atoms with van der Waals surface area (Å²) in [7, 11) is 0. The Morgan fingerprint density at radius 2 is 1.66 bits per heavy atom. The van der Waals surface area contributed by atoms with Crippen molar-refractivity contribution >= 4 is 5.91 Å². The van der Waals surface area contributed by atoms with Gasteiger partial charge in [0.05, 0.1) is 5.69 Å². The molecule has 1 heterocycles. The Balaban J connectivity index is 1.43. The summed E-state index contributed by atoms with van der Waals surface area (Å²) < 4.78 is 5.40. The minimum absolute atomic E-state index is 0.0736. The summed E-state index contributed by atoms with van der Waals surface area (Å²) in [6.45, 7) is 6.53. The van der Waals surface area contributed by atoms with Crippen LogP contribution < -0.4 is 5.32 Å². The van der Waals surface area contributed by atoms with Crippen molar-refractivity contribution in [2.24, 2.45) is 5.92 Å². The fourth-order valence-electron chi connectivity index (χ4n) is 5.33. The zero-order valence-electron chi connectivity index (χ0n) is 17.1. The monoisotopic (exact) mass is 386 g/mol. The average Bonchev–Trinajstić information content (AvgIpc) is 3.14. The van der Waals surface area contributed by atoms with Gasteiger partial charge in [-0.25, -0.2) is 0 Å².